The van der Waals surface area contributed by atoms with Crippen LogP contribution in [0.1, 0.15) is 69.4 Å². The number of nitrogens with zero attached hydrogens (tertiary/aromatic N) is 2. The lowest BCUT2D eigenvalue weighted by atomic mass is 9.78. The summed E-state index contributed by atoms with van der Waals surface area (Å²) in [5.41, 5.74) is 1.93. The molecule has 0 atom stereocenters. The van der Waals surface area contributed by atoms with Gasteiger partial charge in [-0.3, -0.25) is 4.79 Å². The molecule has 1 aliphatic heterocycles. The molecular formula is C21H34N2O2. The van der Waals surface area contributed by atoms with Crippen molar-refractivity contribution >= 4 is 5.91 Å². The maximum Gasteiger partial charge on any atom is 0.253 e. The molecule has 1 N–H and O–H groups in total. The second kappa shape index (κ2) is 6.99. The first-order chi connectivity index (χ1) is 11.4. The Morgan fingerprint density at radius 2 is 1.44 bits per heavy atom. The van der Waals surface area contributed by atoms with Crippen molar-refractivity contribution in [1.29, 1.82) is 0 Å². The summed E-state index contributed by atoms with van der Waals surface area (Å²) in [6.45, 7) is 15.9. The molecule has 0 aliphatic carbocycles. The van der Waals surface area contributed by atoms with Gasteiger partial charge in [-0.05, 0) is 43.0 Å². The van der Waals surface area contributed by atoms with Crippen molar-refractivity contribution in [2.75, 3.05) is 33.2 Å². The zero-order valence-electron chi connectivity index (χ0n) is 16.9. The minimum atomic E-state index is -0.223. The summed E-state index contributed by atoms with van der Waals surface area (Å²) in [4.78, 5) is 17.4. The Kier molecular flexibility index (Phi) is 5.53. The van der Waals surface area contributed by atoms with Crippen LogP contribution in [0, 0.1) is 0 Å². The van der Waals surface area contributed by atoms with Crippen LogP contribution in [0.2, 0.25) is 0 Å². The third-order valence-electron chi connectivity index (χ3n) is 4.98. The van der Waals surface area contributed by atoms with Gasteiger partial charge >= 0.3 is 0 Å². The number of phenolic OH excluding ortho intramolecular Hbond substituents is 1. The molecule has 0 spiro atoms. The van der Waals surface area contributed by atoms with Gasteiger partial charge in [0.1, 0.15) is 5.75 Å². The van der Waals surface area contributed by atoms with Crippen molar-refractivity contribution in [3.8, 4) is 5.75 Å². The molecule has 25 heavy (non-hydrogen) atoms. The number of rotatable bonds is 1. The van der Waals surface area contributed by atoms with Crippen LogP contribution in [-0.4, -0.2) is 54.0 Å². The van der Waals surface area contributed by atoms with Crippen LogP contribution in [0.25, 0.3) is 0 Å². The lowest BCUT2D eigenvalue weighted by Crippen LogP contribution is -2.35. The molecule has 4 heteroatoms. The van der Waals surface area contributed by atoms with Gasteiger partial charge < -0.3 is 14.9 Å². The maximum atomic E-state index is 13.2. The van der Waals surface area contributed by atoms with E-state index >= 15 is 0 Å². The predicted octanol–water partition coefficient (Wildman–Crippen LogP) is 3.76. The fourth-order valence-electron chi connectivity index (χ4n) is 3.33. The maximum absolute atomic E-state index is 13.2. The van der Waals surface area contributed by atoms with Gasteiger partial charge in [0.2, 0.25) is 0 Å². The van der Waals surface area contributed by atoms with Gasteiger partial charge in [0.25, 0.3) is 5.91 Å². The molecule has 1 amide bonds. The van der Waals surface area contributed by atoms with E-state index in [1.165, 1.54) is 0 Å². The highest BCUT2D eigenvalue weighted by Gasteiger charge is 2.29. The zero-order valence-corrected chi connectivity index (χ0v) is 16.9. The van der Waals surface area contributed by atoms with Gasteiger partial charge in [0.15, 0.2) is 0 Å². The molecule has 0 aromatic heterocycles. The second-order valence-electron chi connectivity index (χ2n) is 9.37. The van der Waals surface area contributed by atoms with Crippen LogP contribution in [-0.2, 0) is 10.8 Å². The number of hydrogen-bond acceptors (Lipinski definition) is 3. The van der Waals surface area contributed by atoms with E-state index in [2.05, 4.69) is 53.5 Å². The first-order valence-corrected chi connectivity index (χ1v) is 9.27. The Labute approximate surface area is 152 Å². The summed E-state index contributed by atoms with van der Waals surface area (Å²) in [5.74, 6) is 0.401. The number of hydrogen-bond donors (Lipinski definition) is 1. The van der Waals surface area contributed by atoms with Crippen molar-refractivity contribution in [2.45, 2.75) is 58.8 Å². The van der Waals surface area contributed by atoms with E-state index in [9.17, 15) is 9.90 Å². The van der Waals surface area contributed by atoms with Crippen molar-refractivity contribution < 1.29 is 9.90 Å². The normalized spacial score (nSPS) is 17.5. The first kappa shape index (κ1) is 19.8. The van der Waals surface area contributed by atoms with Crippen molar-refractivity contribution in [3.05, 3.63) is 28.8 Å². The number of phenols is 1. The van der Waals surface area contributed by atoms with Gasteiger partial charge in [0, 0.05) is 36.3 Å². The molecule has 0 radical (unpaired) electrons. The SMILES string of the molecule is CN1CCCN(C(=O)c2cc(C(C)(C)C)c(O)c(C(C)(C)C)c2)CC1. The highest BCUT2D eigenvalue weighted by atomic mass is 16.3. The lowest BCUT2D eigenvalue weighted by Gasteiger charge is -2.29. The lowest BCUT2D eigenvalue weighted by molar-refractivity contribution is 0.0762. The summed E-state index contributed by atoms with van der Waals surface area (Å²) in [6, 6.07) is 3.78. The van der Waals surface area contributed by atoms with Crippen LogP contribution in [0.5, 0.6) is 5.75 Å². The minimum absolute atomic E-state index is 0.0753. The Balaban J connectivity index is 2.48. The Morgan fingerprint density at radius 3 is 1.92 bits per heavy atom. The van der Waals surface area contributed by atoms with E-state index in [0.29, 0.717) is 11.3 Å². The molecule has 0 saturated carbocycles. The van der Waals surface area contributed by atoms with E-state index in [-0.39, 0.29) is 16.7 Å². The van der Waals surface area contributed by atoms with Crippen molar-refractivity contribution in [2.24, 2.45) is 0 Å². The van der Waals surface area contributed by atoms with Gasteiger partial charge in [-0.1, -0.05) is 41.5 Å². The molecule has 1 heterocycles. The van der Waals surface area contributed by atoms with Crippen LogP contribution in [0.3, 0.4) is 0 Å². The fraction of sp³-hybridized carbons (Fsp3) is 0.667. The van der Waals surface area contributed by atoms with Crippen molar-refractivity contribution in [1.82, 2.24) is 9.80 Å². The summed E-state index contributed by atoms with van der Waals surface area (Å²) in [7, 11) is 2.10. The molecule has 1 saturated heterocycles. The summed E-state index contributed by atoms with van der Waals surface area (Å²) >= 11 is 0. The molecule has 1 aromatic rings. The Bertz CT molecular complexity index is 603. The standard InChI is InChI=1S/C21H34N2O2/c1-20(2,3)16-13-15(14-17(18(16)24)21(4,5)6)19(25)23-10-8-9-22(7)11-12-23/h13-14,24H,8-12H2,1-7H3. The number of aromatic hydroxyl groups is 1. The molecular weight excluding hydrogens is 312 g/mol. The highest BCUT2D eigenvalue weighted by molar-refractivity contribution is 5.95. The number of likely N-dealkylation sites (N-methyl/N-ethyl adjacent to an activating group) is 1. The van der Waals surface area contributed by atoms with E-state index in [0.717, 1.165) is 43.7 Å². The van der Waals surface area contributed by atoms with Crippen LogP contribution >= 0.6 is 0 Å². The number of carbonyl (C=O) groups is 1. The molecule has 0 bridgehead atoms. The van der Waals surface area contributed by atoms with E-state index < -0.39 is 0 Å². The fourth-order valence-corrected chi connectivity index (χ4v) is 3.33. The monoisotopic (exact) mass is 346 g/mol. The van der Waals surface area contributed by atoms with E-state index in [1.807, 2.05) is 17.0 Å². The second-order valence-corrected chi connectivity index (χ2v) is 9.37. The number of carbonyl (C=O) groups excluding carboxylic acids is 1. The number of benzene rings is 1. The highest BCUT2D eigenvalue weighted by Crippen LogP contribution is 2.40. The molecule has 1 aliphatic rings. The summed E-state index contributed by atoms with van der Waals surface area (Å²) in [6.07, 6.45) is 0.999. The van der Waals surface area contributed by atoms with Crippen LogP contribution < -0.4 is 0 Å². The Morgan fingerprint density at radius 1 is 0.920 bits per heavy atom. The molecule has 0 unspecified atom stereocenters. The summed E-state index contributed by atoms with van der Waals surface area (Å²) < 4.78 is 0. The molecule has 1 fully saturated rings. The van der Waals surface area contributed by atoms with E-state index in [1.54, 1.807) is 0 Å². The number of amides is 1. The van der Waals surface area contributed by atoms with Gasteiger partial charge in [-0.2, -0.15) is 0 Å². The molecule has 140 valence electrons. The smallest absolute Gasteiger partial charge is 0.253 e. The molecule has 4 nitrogen and oxygen atoms in total. The Hall–Kier alpha value is -1.55. The van der Waals surface area contributed by atoms with Crippen LogP contribution in [0.4, 0.5) is 0 Å². The van der Waals surface area contributed by atoms with Gasteiger partial charge in [0.05, 0.1) is 0 Å². The quantitative estimate of drug-likeness (QED) is 0.842. The first-order valence-electron chi connectivity index (χ1n) is 9.27. The minimum Gasteiger partial charge on any atom is -0.507 e. The van der Waals surface area contributed by atoms with Crippen LogP contribution in [0.15, 0.2) is 12.1 Å². The average molecular weight is 347 g/mol. The molecule has 2 rings (SSSR count). The van der Waals surface area contributed by atoms with Gasteiger partial charge in [-0.15, -0.1) is 0 Å². The largest absolute Gasteiger partial charge is 0.507 e. The topological polar surface area (TPSA) is 43.8 Å². The molecule has 1 aromatic carbocycles. The summed E-state index contributed by atoms with van der Waals surface area (Å²) in [5, 5.41) is 10.8. The predicted molar refractivity (Wildman–Crippen MR) is 104 cm³/mol. The van der Waals surface area contributed by atoms with E-state index in [4.69, 9.17) is 0 Å². The third-order valence-corrected chi connectivity index (χ3v) is 4.98. The average Bonchev–Trinajstić information content (AvgIpc) is 2.69. The van der Waals surface area contributed by atoms with Gasteiger partial charge in [-0.25, -0.2) is 0 Å². The zero-order chi connectivity index (χ0) is 19.0. The third kappa shape index (κ3) is 4.55. The van der Waals surface area contributed by atoms with Crippen molar-refractivity contribution in [3.63, 3.8) is 0 Å².